The van der Waals surface area contributed by atoms with Gasteiger partial charge in [0.25, 0.3) is 0 Å². The van der Waals surface area contributed by atoms with E-state index in [2.05, 4.69) is 30.7 Å². The summed E-state index contributed by atoms with van der Waals surface area (Å²) < 4.78 is 0. The summed E-state index contributed by atoms with van der Waals surface area (Å²) in [6.07, 6.45) is 3.96. The van der Waals surface area contributed by atoms with Crippen molar-refractivity contribution in [3.8, 4) is 0 Å². The van der Waals surface area contributed by atoms with Gasteiger partial charge in [-0.2, -0.15) is 0 Å². The molecule has 3 rings (SSSR count). The number of nitrogens with zero attached hydrogens (tertiary/aromatic N) is 3. The summed E-state index contributed by atoms with van der Waals surface area (Å²) in [7, 11) is 0. The van der Waals surface area contributed by atoms with Gasteiger partial charge >= 0.3 is 0 Å². The molecule has 0 saturated carbocycles. The Kier molecular flexibility index (Phi) is 4.68. The maximum atomic E-state index is 12.4. The van der Waals surface area contributed by atoms with Gasteiger partial charge in [-0.15, -0.1) is 11.3 Å². The fraction of sp³-hybridized carbons (Fsp3) is 0.562. The molecule has 6 heteroatoms. The third-order valence-corrected chi connectivity index (χ3v) is 6.36. The molecule has 0 N–H and O–H groups in total. The van der Waals surface area contributed by atoms with Gasteiger partial charge < -0.3 is 4.90 Å². The van der Waals surface area contributed by atoms with E-state index in [4.69, 9.17) is 0 Å². The highest BCUT2D eigenvalue weighted by molar-refractivity contribution is 8.00. The van der Waals surface area contributed by atoms with E-state index in [1.54, 1.807) is 29.4 Å². The molecule has 1 aliphatic heterocycles. The van der Waals surface area contributed by atoms with E-state index in [-0.39, 0.29) is 5.91 Å². The topological polar surface area (TPSA) is 46.1 Å². The molecule has 2 aromatic rings. The zero-order valence-corrected chi connectivity index (χ0v) is 14.9. The van der Waals surface area contributed by atoms with E-state index in [0.717, 1.165) is 34.8 Å². The van der Waals surface area contributed by atoms with Crippen LogP contribution in [0.15, 0.2) is 11.4 Å². The van der Waals surface area contributed by atoms with Gasteiger partial charge in [0.15, 0.2) is 0 Å². The number of fused-ring (bicyclic) bond motifs is 1. The molecule has 0 bridgehead atoms. The summed E-state index contributed by atoms with van der Waals surface area (Å²) in [5, 5.41) is 2.06. The van der Waals surface area contributed by atoms with Crippen LogP contribution in [0, 0.1) is 19.8 Å². The smallest absolute Gasteiger partial charge is 0.232 e. The highest BCUT2D eigenvalue weighted by atomic mass is 32.2. The zero-order chi connectivity index (χ0) is 15.7. The van der Waals surface area contributed by atoms with Crippen LogP contribution in [0.3, 0.4) is 0 Å². The lowest BCUT2D eigenvalue weighted by Crippen LogP contribution is -2.40. The van der Waals surface area contributed by atoms with Crippen LogP contribution in [0.4, 0.5) is 0 Å². The summed E-state index contributed by atoms with van der Waals surface area (Å²) in [6.45, 7) is 8.23. The van der Waals surface area contributed by atoms with E-state index in [1.807, 2.05) is 4.90 Å². The Bertz CT molecular complexity index is 698. The zero-order valence-electron chi connectivity index (χ0n) is 13.3. The standard InChI is InChI=1S/C16H21N3OS2/c1-10-5-4-6-19(7-10)13(20)8-21-15-14-11(2)12(3)22-16(14)18-9-17-15/h9-10H,4-8H2,1-3H3/t10-/m0/s1. The van der Waals surface area contributed by atoms with Crippen molar-refractivity contribution in [2.75, 3.05) is 18.8 Å². The Hall–Kier alpha value is -1.14. The average Bonchev–Trinajstić information content (AvgIpc) is 2.80. The van der Waals surface area contributed by atoms with Crippen molar-refractivity contribution in [2.24, 2.45) is 5.92 Å². The van der Waals surface area contributed by atoms with Crippen molar-refractivity contribution < 1.29 is 4.79 Å². The van der Waals surface area contributed by atoms with Crippen molar-refractivity contribution in [1.29, 1.82) is 0 Å². The second-order valence-corrected chi connectivity index (χ2v) is 8.19. The molecule has 4 nitrogen and oxygen atoms in total. The quantitative estimate of drug-likeness (QED) is 0.634. The number of thiophene rings is 1. The summed E-state index contributed by atoms with van der Waals surface area (Å²) in [5.74, 6) is 1.32. The number of rotatable bonds is 3. The first kappa shape index (κ1) is 15.7. The molecule has 0 unspecified atom stereocenters. The first-order valence-corrected chi connectivity index (χ1v) is 9.47. The Morgan fingerprint density at radius 3 is 3.05 bits per heavy atom. The first-order valence-electron chi connectivity index (χ1n) is 7.67. The van der Waals surface area contributed by atoms with Crippen molar-refractivity contribution >= 4 is 39.2 Å². The minimum Gasteiger partial charge on any atom is -0.342 e. The largest absolute Gasteiger partial charge is 0.342 e. The van der Waals surface area contributed by atoms with E-state index in [1.165, 1.54) is 16.9 Å². The molecule has 1 amide bonds. The predicted molar refractivity (Wildman–Crippen MR) is 92.6 cm³/mol. The number of aromatic nitrogens is 2. The van der Waals surface area contributed by atoms with Crippen LogP contribution < -0.4 is 0 Å². The number of carbonyl (C=O) groups excluding carboxylic acids is 1. The third-order valence-electron chi connectivity index (χ3n) is 4.27. The maximum Gasteiger partial charge on any atom is 0.232 e. The number of aryl methyl sites for hydroxylation is 2. The Balaban J connectivity index is 1.72. The minimum absolute atomic E-state index is 0.230. The number of hydrogen-bond acceptors (Lipinski definition) is 5. The van der Waals surface area contributed by atoms with E-state index in [9.17, 15) is 4.79 Å². The van der Waals surface area contributed by atoms with Gasteiger partial charge in [0.05, 0.1) is 5.75 Å². The summed E-state index contributed by atoms with van der Waals surface area (Å²) in [5.41, 5.74) is 1.24. The van der Waals surface area contributed by atoms with Crippen LogP contribution >= 0.6 is 23.1 Å². The molecule has 118 valence electrons. The third kappa shape index (κ3) is 3.13. The molecule has 1 atom stereocenters. The van der Waals surface area contributed by atoms with Gasteiger partial charge in [0, 0.05) is 23.4 Å². The second-order valence-electron chi connectivity index (χ2n) is 6.02. The van der Waals surface area contributed by atoms with Crippen molar-refractivity contribution in [1.82, 2.24) is 14.9 Å². The first-order chi connectivity index (χ1) is 10.6. The fourth-order valence-electron chi connectivity index (χ4n) is 2.90. The molecule has 1 aliphatic rings. The van der Waals surface area contributed by atoms with Gasteiger partial charge in [-0.3, -0.25) is 4.79 Å². The highest BCUT2D eigenvalue weighted by Crippen LogP contribution is 2.34. The molecule has 0 spiro atoms. The number of likely N-dealkylation sites (tertiary alicyclic amines) is 1. The van der Waals surface area contributed by atoms with Crippen LogP contribution in [0.1, 0.15) is 30.2 Å². The van der Waals surface area contributed by atoms with Crippen LogP contribution in [-0.4, -0.2) is 39.6 Å². The van der Waals surface area contributed by atoms with Gasteiger partial charge in [-0.05, 0) is 38.2 Å². The lowest BCUT2D eigenvalue weighted by Gasteiger charge is -2.30. The van der Waals surface area contributed by atoms with Crippen LogP contribution in [0.2, 0.25) is 0 Å². The van der Waals surface area contributed by atoms with Crippen molar-refractivity contribution in [3.05, 3.63) is 16.8 Å². The SMILES string of the molecule is Cc1sc2ncnc(SCC(=O)N3CCC[C@H](C)C3)c2c1C. The van der Waals surface area contributed by atoms with E-state index >= 15 is 0 Å². The number of thioether (sulfide) groups is 1. The van der Waals surface area contributed by atoms with Gasteiger partial charge in [0.2, 0.25) is 5.91 Å². The molecule has 22 heavy (non-hydrogen) atoms. The average molecular weight is 335 g/mol. The normalized spacial score (nSPS) is 18.9. The van der Waals surface area contributed by atoms with Crippen LogP contribution in [0.25, 0.3) is 10.2 Å². The number of piperidine rings is 1. The highest BCUT2D eigenvalue weighted by Gasteiger charge is 2.21. The maximum absolute atomic E-state index is 12.4. The second kappa shape index (κ2) is 6.54. The molecule has 3 heterocycles. The van der Waals surface area contributed by atoms with E-state index in [0.29, 0.717) is 11.7 Å². The van der Waals surface area contributed by atoms with Gasteiger partial charge in [-0.1, -0.05) is 18.7 Å². The molecule has 0 aromatic carbocycles. The van der Waals surface area contributed by atoms with Crippen LogP contribution in [-0.2, 0) is 4.79 Å². The molecule has 1 saturated heterocycles. The lowest BCUT2D eigenvalue weighted by molar-refractivity contribution is -0.130. The molecule has 0 aliphatic carbocycles. The minimum atomic E-state index is 0.230. The Morgan fingerprint density at radius 1 is 1.45 bits per heavy atom. The molecule has 0 radical (unpaired) electrons. The fourth-order valence-corrected chi connectivity index (χ4v) is 4.92. The summed E-state index contributed by atoms with van der Waals surface area (Å²) in [6, 6.07) is 0. The van der Waals surface area contributed by atoms with E-state index < -0.39 is 0 Å². The van der Waals surface area contributed by atoms with Gasteiger partial charge in [0.1, 0.15) is 16.2 Å². The molecule has 1 fully saturated rings. The molecular formula is C16H21N3OS2. The monoisotopic (exact) mass is 335 g/mol. The van der Waals surface area contributed by atoms with Crippen LogP contribution in [0.5, 0.6) is 0 Å². The number of hydrogen-bond donors (Lipinski definition) is 0. The summed E-state index contributed by atoms with van der Waals surface area (Å²) >= 11 is 3.24. The summed E-state index contributed by atoms with van der Waals surface area (Å²) in [4.78, 5) is 25.5. The van der Waals surface area contributed by atoms with Gasteiger partial charge in [-0.25, -0.2) is 9.97 Å². The number of amides is 1. The lowest BCUT2D eigenvalue weighted by atomic mass is 10.0. The Morgan fingerprint density at radius 2 is 2.27 bits per heavy atom. The predicted octanol–water partition coefficient (Wildman–Crippen LogP) is 3.66. The molecular weight excluding hydrogens is 314 g/mol. The molecule has 2 aromatic heterocycles. The Labute approximate surface area is 139 Å². The van der Waals surface area contributed by atoms with Crippen molar-refractivity contribution in [3.63, 3.8) is 0 Å². The number of carbonyl (C=O) groups is 1. The van der Waals surface area contributed by atoms with Crippen molar-refractivity contribution in [2.45, 2.75) is 38.6 Å².